The fourth-order valence-corrected chi connectivity index (χ4v) is 4.40. The molecule has 33 heavy (non-hydrogen) atoms. The van der Waals surface area contributed by atoms with E-state index in [0.29, 0.717) is 23.6 Å². The molecule has 2 aromatic carbocycles. The van der Waals surface area contributed by atoms with Crippen molar-refractivity contribution in [3.05, 3.63) is 64.2 Å². The lowest BCUT2D eigenvalue weighted by atomic mass is 9.89. The van der Waals surface area contributed by atoms with E-state index >= 15 is 0 Å². The van der Waals surface area contributed by atoms with Gasteiger partial charge in [0.15, 0.2) is 5.92 Å². The van der Waals surface area contributed by atoms with Crippen LogP contribution in [-0.2, 0) is 14.3 Å². The van der Waals surface area contributed by atoms with E-state index in [1.54, 1.807) is 24.0 Å². The fraction of sp³-hybridized carbons (Fsp3) is 0.375. The van der Waals surface area contributed by atoms with Crippen LogP contribution in [-0.4, -0.2) is 39.5 Å². The first-order valence-electron chi connectivity index (χ1n) is 11.2. The van der Waals surface area contributed by atoms with E-state index < -0.39 is 28.8 Å². The van der Waals surface area contributed by atoms with Crippen LogP contribution in [0.1, 0.15) is 44.7 Å². The average molecular weight is 450 g/mol. The van der Waals surface area contributed by atoms with Crippen molar-refractivity contribution in [1.82, 2.24) is 9.55 Å². The van der Waals surface area contributed by atoms with Crippen molar-refractivity contribution in [3.8, 4) is 0 Å². The third-order valence-corrected chi connectivity index (χ3v) is 5.89. The summed E-state index contributed by atoms with van der Waals surface area (Å²) in [5.41, 5.74) is 1.79. The summed E-state index contributed by atoms with van der Waals surface area (Å²) in [5, 5.41) is 11.4. The van der Waals surface area contributed by atoms with Crippen molar-refractivity contribution in [2.75, 3.05) is 18.1 Å². The van der Waals surface area contributed by atoms with Gasteiger partial charge in [-0.3, -0.25) is 24.6 Å². The molecule has 0 saturated heterocycles. The van der Waals surface area contributed by atoms with Gasteiger partial charge >= 0.3 is 5.97 Å². The lowest BCUT2D eigenvalue weighted by Gasteiger charge is -2.37. The van der Waals surface area contributed by atoms with Crippen molar-refractivity contribution in [2.45, 2.75) is 39.2 Å². The number of nitro groups is 1. The number of amides is 1. The molecule has 1 amide bonds. The summed E-state index contributed by atoms with van der Waals surface area (Å²) in [4.78, 5) is 44.1. The largest absolute Gasteiger partial charge is 0.465 e. The molecule has 0 aliphatic carbocycles. The number of anilines is 1. The molecule has 172 valence electrons. The third kappa shape index (κ3) is 4.06. The molecule has 1 aromatic heterocycles. The van der Waals surface area contributed by atoms with E-state index in [0.717, 1.165) is 24.8 Å². The van der Waals surface area contributed by atoms with Gasteiger partial charge in [-0.25, -0.2) is 4.98 Å². The molecular weight excluding hydrogens is 424 g/mol. The smallest absolute Gasteiger partial charge is 0.321 e. The molecule has 1 aliphatic rings. The number of esters is 1. The number of nitrogens with zero attached hydrogens (tertiary/aromatic N) is 4. The van der Waals surface area contributed by atoms with Gasteiger partial charge in [-0.15, -0.1) is 0 Å². The van der Waals surface area contributed by atoms with Gasteiger partial charge in [0.25, 0.3) is 5.69 Å². The SMILES string of the molecule is CCCCCN1C(=O)[C@H](C(=O)OCC)[C@@H](c2cccc([N+](=O)[O-])c2)n2c1nc1ccccc12. The van der Waals surface area contributed by atoms with Gasteiger partial charge in [-0.1, -0.05) is 44.0 Å². The number of hydrogen-bond donors (Lipinski definition) is 0. The van der Waals surface area contributed by atoms with Gasteiger partial charge in [0.05, 0.1) is 28.6 Å². The number of hydrogen-bond acceptors (Lipinski definition) is 6. The maximum Gasteiger partial charge on any atom is 0.321 e. The predicted octanol–water partition coefficient (Wildman–Crippen LogP) is 4.25. The summed E-state index contributed by atoms with van der Waals surface area (Å²) in [6.07, 6.45) is 2.68. The lowest BCUT2D eigenvalue weighted by Crippen LogP contribution is -2.50. The summed E-state index contributed by atoms with van der Waals surface area (Å²) in [6.45, 7) is 4.31. The normalized spacial score (nSPS) is 17.8. The molecule has 3 aromatic rings. The Morgan fingerprint density at radius 3 is 2.67 bits per heavy atom. The Kier molecular flexibility index (Phi) is 6.39. The Bertz CT molecular complexity index is 1200. The second-order valence-electron chi connectivity index (χ2n) is 7.99. The van der Waals surface area contributed by atoms with Crippen LogP contribution >= 0.6 is 0 Å². The van der Waals surface area contributed by atoms with E-state index in [9.17, 15) is 19.7 Å². The monoisotopic (exact) mass is 450 g/mol. The summed E-state index contributed by atoms with van der Waals surface area (Å²) in [7, 11) is 0. The number of unbranched alkanes of at least 4 members (excludes halogenated alkanes) is 2. The number of ether oxygens (including phenoxy) is 1. The number of carbonyl (C=O) groups excluding carboxylic acids is 2. The van der Waals surface area contributed by atoms with Crippen LogP contribution in [0, 0.1) is 16.0 Å². The van der Waals surface area contributed by atoms with Gasteiger partial charge in [-0.05, 0) is 31.0 Å². The minimum atomic E-state index is -1.18. The predicted molar refractivity (Wildman–Crippen MR) is 123 cm³/mol. The topological polar surface area (TPSA) is 108 Å². The first-order valence-corrected chi connectivity index (χ1v) is 11.2. The number of carbonyl (C=O) groups is 2. The average Bonchev–Trinajstić information content (AvgIpc) is 3.19. The number of fused-ring (bicyclic) bond motifs is 3. The molecule has 1 aliphatic heterocycles. The van der Waals surface area contributed by atoms with E-state index in [1.807, 2.05) is 28.8 Å². The van der Waals surface area contributed by atoms with Crippen LogP contribution in [0.3, 0.4) is 0 Å². The van der Waals surface area contributed by atoms with Crippen LogP contribution in [0.25, 0.3) is 11.0 Å². The van der Waals surface area contributed by atoms with E-state index in [-0.39, 0.29) is 12.3 Å². The number of aromatic nitrogens is 2. The number of non-ortho nitro benzene ring substituents is 1. The Morgan fingerprint density at radius 2 is 1.94 bits per heavy atom. The third-order valence-electron chi connectivity index (χ3n) is 5.89. The highest BCUT2D eigenvalue weighted by molar-refractivity contribution is 6.08. The lowest BCUT2D eigenvalue weighted by molar-refractivity contribution is -0.384. The summed E-state index contributed by atoms with van der Waals surface area (Å²) in [6, 6.07) is 12.7. The van der Waals surface area contributed by atoms with Crippen LogP contribution in [0.2, 0.25) is 0 Å². The van der Waals surface area contributed by atoms with Gasteiger partial charge < -0.3 is 9.30 Å². The molecule has 0 radical (unpaired) electrons. The molecule has 9 nitrogen and oxygen atoms in total. The maximum absolute atomic E-state index is 13.7. The molecule has 0 N–H and O–H groups in total. The molecule has 0 saturated carbocycles. The quantitative estimate of drug-likeness (QED) is 0.167. The molecule has 2 heterocycles. The Hall–Kier alpha value is -3.75. The number of para-hydroxylation sites is 2. The van der Waals surface area contributed by atoms with Crippen molar-refractivity contribution >= 4 is 34.5 Å². The van der Waals surface area contributed by atoms with Crippen molar-refractivity contribution in [1.29, 1.82) is 0 Å². The Morgan fingerprint density at radius 1 is 1.15 bits per heavy atom. The molecule has 0 fully saturated rings. The summed E-state index contributed by atoms with van der Waals surface area (Å²) >= 11 is 0. The fourth-order valence-electron chi connectivity index (χ4n) is 4.40. The molecular formula is C24H26N4O5. The second kappa shape index (κ2) is 9.40. The zero-order valence-electron chi connectivity index (χ0n) is 18.6. The molecule has 4 rings (SSSR count). The van der Waals surface area contributed by atoms with Crippen molar-refractivity contribution < 1.29 is 19.2 Å². The van der Waals surface area contributed by atoms with Gasteiger partial charge in [0, 0.05) is 18.7 Å². The molecule has 0 spiro atoms. The zero-order valence-corrected chi connectivity index (χ0v) is 18.6. The maximum atomic E-state index is 13.7. The standard InChI is InChI=1S/C24H26N4O5/c1-3-5-8-14-26-22(29)20(23(30)33-4-2)21(16-10-9-11-17(15-16)28(31)32)27-19-13-7-6-12-18(19)25-24(26)27/h6-7,9-13,15,20-21H,3-5,8,14H2,1-2H3/t20-,21-/m1/s1. The van der Waals surface area contributed by atoms with E-state index in [2.05, 4.69) is 6.92 Å². The minimum Gasteiger partial charge on any atom is -0.465 e. The van der Waals surface area contributed by atoms with Crippen LogP contribution < -0.4 is 4.90 Å². The zero-order chi connectivity index (χ0) is 23.5. The molecule has 2 atom stereocenters. The first kappa shape index (κ1) is 22.4. The van der Waals surface area contributed by atoms with Gasteiger partial charge in [0.1, 0.15) is 0 Å². The molecule has 0 unspecified atom stereocenters. The summed E-state index contributed by atoms with van der Waals surface area (Å²) < 4.78 is 7.16. The number of nitro benzene ring substituents is 1. The van der Waals surface area contributed by atoms with Gasteiger partial charge in [-0.2, -0.15) is 0 Å². The second-order valence-corrected chi connectivity index (χ2v) is 7.99. The Labute approximate surface area is 191 Å². The molecule has 9 heteroatoms. The van der Waals surface area contributed by atoms with E-state index in [4.69, 9.17) is 9.72 Å². The van der Waals surface area contributed by atoms with Gasteiger partial charge in [0.2, 0.25) is 11.9 Å². The molecule has 0 bridgehead atoms. The first-order chi connectivity index (χ1) is 16.0. The number of benzene rings is 2. The van der Waals surface area contributed by atoms with Crippen LogP contribution in [0.15, 0.2) is 48.5 Å². The summed E-state index contributed by atoms with van der Waals surface area (Å²) in [5.74, 6) is -1.79. The Balaban J connectivity index is 1.96. The van der Waals surface area contributed by atoms with Crippen molar-refractivity contribution in [2.24, 2.45) is 5.92 Å². The van der Waals surface area contributed by atoms with Crippen LogP contribution in [0.5, 0.6) is 0 Å². The van der Waals surface area contributed by atoms with Crippen LogP contribution in [0.4, 0.5) is 11.6 Å². The number of rotatable bonds is 8. The highest BCUT2D eigenvalue weighted by Crippen LogP contribution is 2.42. The minimum absolute atomic E-state index is 0.112. The highest BCUT2D eigenvalue weighted by Gasteiger charge is 2.47. The van der Waals surface area contributed by atoms with E-state index in [1.165, 1.54) is 12.1 Å². The van der Waals surface area contributed by atoms with Crippen molar-refractivity contribution in [3.63, 3.8) is 0 Å². The highest BCUT2D eigenvalue weighted by atomic mass is 16.6. The number of imidazole rings is 1.